The topological polar surface area (TPSA) is 239 Å². The smallest absolute Gasteiger partial charge is 0.485 e. The average molecular weight is 556 g/mol. The Bertz CT molecular complexity index is 1200. The van der Waals surface area contributed by atoms with Crippen LogP contribution in [0.1, 0.15) is 0 Å². The molecule has 0 aromatic heterocycles. The molecule has 0 bridgehead atoms. The first-order valence-corrected chi connectivity index (χ1v) is 11.5. The second-order valence-electron chi connectivity index (χ2n) is 6.65. The van der Waals surface area contributed by atoms with E-state index in [4.69, 9.17) is 13.0 Å². The fourth-order valence-electron chi connectivity index (χ4n) is 2.69. The van der Waals surface area contributed by atoms with E-state index in [0.29, 0.717) is 0 Å². The number of phenolic OH excluding ortho intramolecular Hbond substituents is 9. The summed E-state index contributed by atoms with van der Waals surface area (Å²) in [5.41, 5.74) is -5.65. The third-order valence-electron chi connectivity index (χ3n) is 4.00. The quantitative estimate of drug-likeness (QED) is 0.128. The van der Waals surface area contributed by atoms with Crippen LogP contribution in [0.5, 0.6) is 51.7 Å². The fourth-order valence-corrected chi connectivity index (χ4v) is 4.91. The summed E-state index contributed by atoms with van der Waals surface area (Å²) in [4.78, 5) is -1.07. The zero-order chi connectivity index (χ0) is 27.7. The number of hydrogen-bond acceptors (Lipinski definition) is 12. The largest absolute Gasteiger partial charge is 0.741 e. The van der Waals surface area contributed by atoms with Crippen molar-refractivity contribution in [2.75, 3.05) is 0 Å². The van der Waals surface area contributed by atoms with Crippen LogP contribution in [0, 0.1) is 0 Å². The fraction of sp³-hybridized carbons (Fsp3) is 0.0526. The molecule has 17 heteroatoms. The number of aromatic hydroxyl groups is 9. The number of alkyl halides is 3. The highest BCUT2D eigenvalue weighted by molar-refractivity contribution is 7.97. The highest BCUT2D eigenvalue weighted by Crippen LogP contribution is 2.53. The molecule has 0 atom stereocenters. The van der Waals surface area contributed by atoms with E-state index in [1.807, 2.05) is 0 Å². The lowest BCUT2D eigenvalue weighted by molar-refractivity contribution is -0.0517. The summed E-state index contributed by atoms with van der Waals surface area (Å²) in [6.45, 7) is 0. The van der Waals surface area contributed by atoms with Crippen LogP contribution in [0.2, 0.25) is 0 Å². The van der Waals surface area contributed by atoms with Gasteiger partial charge in [0.25, 0.3) is 0 Å². The molecule has 0 amide bonds. The third kappa shape index (κ3) is 5.93. The molecule has 12 nitrogen and oxygen atoms in total. The maximum atomic E-state index is 10.7. The Labute approximate surface area is 201 Å². The van der Waals surface area contributed by atoms with Crippen LogP contribution in [0.3, 0.4) is 0 Å². The molecule has 0 saturated heterocycles. The molecule has 0 aliphatic rings. The molecule has 36 heavy (non-hydrogen) atoms. The van der Waals surface area contributed by atoms with Crippen molar-refractivity contribution in [3.05, 3.63) is 36.4 Å². The van der Waals surface area contributed by atoms with Gasteiger partial charge in [-0.25, -0.2) is 8.42 Å². The predicted octanol–water partition coefficient (Wildman–Crippen LogP) is 2.18. The first-order chi connectivity index (χ1) is 16.3. The third-order valence-corrected chi connectivity index (χ3v) is 7.05. The molecule has 0 aliphatic heterocycles. The highest BCUT2D eigenvalue weighted by atomic mass is 32.2. The number of phenols is 9. The first kappa shape index (κ1) is 28.1. The minimum absolute atomic E-state index is 0.356. The van der Waals surface area contributed by atoms with Crippen molar-refractivity contribution in [3.63, 3.8) is 0 Å². The molecule has 196 valence electrons. The minimum atomic E-state index is -6.09. The normalized spacial score (nSPS) is 11.7. The van der Waals surface area contributed by atoms with E-state index in [1.54, 1.807) is 0 Å². The van der Waals surface area contributed by atoms with Gasteiger partial charge >= 0.3 is 5.51 Å². The lowest BCUT2D eigenvalue weighted by Crippen LogP contribution is -2.21. The molecule has 3 aromatic rings. The molecule has 0 heterocycles. The van der Waals surface area contributed by atoms with Crippen molar-refractivity contribution >= 4 is 21.0 Å². The van der Waals surface area contributed by atoms with Crippen LogP contribution in [0.15, 0.2) is 51.1 Å². The Hall–Kier alpha value is -4.09. The lowest BCUT2D eigenvalue weighted by Gasteiger charge is -2.15. The molecule has 0 radical (unpaired) electrons. The van der Waals surface area contributed by atoms with Crippen molar-refractivity contribution in [2.45, 2.75) is 20.2 Å². The Morgan fingerprint density at radius 1 is 0.556 bits per heavy atom. The molecule has 9 N–H and O–H groups in total. The van der Waals surface area contributed by atoms with E-state index in [0.717, 1.165) is 36.4 Å². The van der Waals surface area contributed by atoms with E-state index in [1.165, 1.54) is 0 Å². The van der Waals surface area contributed by atoms with Gasteiger partial charge in [0.2, 0.25) is 14.7 Å². The van der Waals surface area contributed by atoms with Crippen molar-refractivity contribution < 1.29 is 72.1 Å². The van der Waals surface area contributed by atoms with E-state index in [9.17, 15) is 59.1 Å². The Balaban J connectivity index is 0.000000493. The van der Waals surface area contributed by atoms with Gasteiger partial charge in [0.1, 0.15) is 28.1 Å². The summed E-state index contributed by atoms with van der Waals surface area (Å²) in [6, 6.07) is 5.24. The van der Waals surface area contributed by atoms with Crippen LogP contribution in [-0.4, -0.2) is 64.4 Å². The maximum absolute atomic E-state index is 10.7. The number of rotatable bonds is 3. The molecule has 0 aliphatic carbocycles. The van der Waals surface area contributed by atoms with Gasteiger partial charge in [-0.2, -0.15) is 13.2 Å². The molecular weight excluding hydrogens is 541 g/mol. The first-order valence-electron chi connectivity index (χ1n) is 8.86. The molecule has 0 spiro atoms. The number of benzene rings is 3. The minimum Gasteiger partial charge on any atom is -0.741 e. The lowest BCUT2D eigenvalue weighted by atomic mass is 10.3. The van der Waals surface area contributed by atoms with Gasteiger partial charge in [-0.1, -0.05) is 0 Å². The number of halogens is 3. The van der Waals surface area contributed by atoms with E-state index < -0.39 is 78.3 Å². The molecular formula is C19H15F3O12S2. The van der Waals surface area contributed by atoms with Crippen LogP contribution in [-0.2, 0) is 21.0 Å². The Kier molecular flexibility index (Phi) is 7.72. The van der Waals surface area contributed by atoms with Gasteiger partial charge in [0.05, 0.1) is 0 Å². The van der Waals surface area contributed by atoms with Crippen LogP contribution >= 0.6 is 0 Å². The van der Waals surface area contributed by atoms with Gasteiger partial charge in [-0.3, -0.25) is 0 Å². The number of hydrogen-bond donors (Lipinski definition) is 9. The summed E-state index contributed by atoms with van der Waals surface area (Å²) in [6.07, 6.45) is 0. The van der Waals surface area contributed by atoms with E-state index in [-0.39, 0.29) is 14.7 Å². The standard InChI is InChI=1S/C18H14O9S.CHF3O3S/c19-7-1-10(22)16(11(23)2-7)28(17-12(24)3-8(20)4-13(17)25)18-14(26)5-9(21)6-15(18)27;2-1(3,4)8(5,6)7/h1-6H,(H8-,19,20,21,22,23,24,25,26,27);(H,5,6,7). The van der Waals surface area contributed by atoms with Crippen molar-refractivity contribution in [1.82, 2.24) is 0 Å². The summed E-state index contributed by atoms with van der Waals surface area (Å²) in [5, 5.41) is 90.5. The Morgan fingerprint density at radius 2 is 0.722 bits per heavy atom. The zero-order valence-electron chi connectivity index (χ0n) is 17.2. The second kappa shape index (κ2) is 9.88. The molecule has 0 fully saturated rings. The van der Waals surface area contributed by atoms with Crippen LogP contribution in [0.25, 0.3) is 0 Å². The predicted molar refractivity (Wildman–Crippen MR) is 112 cm³/mol. The summed E-state index contributed by atoms with van der Waals surface area (Å²) in [7, 11) is -8.03. The summed E-state index contributed by atoms with van der Waals surface area (Å²) < 4.78 is 58.9. The van der Waals surface area contributed by atoms with Crippen LogP contribution in [0.4, 0.5) is 13.2 Å². The van der Waals surface area contributed by atoms with Gasteiger partial charge in [-0.15, -0.1) is 0 Å². The highest BCUT2D eigenvalue weighted by Gasteiger charge is 2.44. The second-order valence-corrected chi connectivity index (χ2v) is 9.85. The van der Waals surface area contributed by atoms with Crippen molar-refractivity contribution in [2.24, 2.45) is 0 Å². The van der Waals surface area contributed by atoms with Gasteiger partial charge in [0.15, 0.2) is 44.6 Å². The Morgan fingerprint density at radius 3 is 0.861 bits per heavy atom. The average Bonchev–Trinajstić information content (AvgIpc) is 2.64. The van der Waals surface area contributed by atoms with E-state index in [2.05, 4.69) is 0 Å². The van der Waals surface area contributed by atoms with Crippen LogP contribution < -0.4 is 0 Å². The molecule has 3 rings (SSSR count). The van der Waals surface area contributed by atoms with E-state index >= 15 is 0 Å². The van der Waals surface area contributed by atoms with Crippen molar-refractivity contribution in [3.8, 4) is 51.7 Å². The molecule has 0 saturated carbocycles. The van der Waals surface area contributed by atoms with Gasteiger partial charge in [-0.05, 0) is 0 Å². The summed E-state index contributed by atoms with van der Waals surface area (Å²) in [5.74, 6) is -5.46. The molecule has 3 aromatic carbocycles. The van der Waals surface area contributed by atoms with Gasteiger partial charge < -0.3 is 50.5 Å². The molecule has 0 unspecified atom stereocenters. The summed E-state index contributed by atoms with van der Waals surface area (Å²) >= 11 is 0. The SMILES string of the molecule is O=S(=O)([O-])C(F)(F)F.Oc1cc(O)c([S+](c2c(O)cc(O)cc2O)c2c(O)cc(O)cc2O)c(O)c1. The monoisotopic (exact) mass is 556 g/mol. The maximum Gasteiger partial charge on any atom is 0.485 e. The van der Waals surface area contributed by atoms with Crippen molar-refractivity contribution in [1.29, 1.82) is 0 Å². The zero-order valence-corrected chi connectivity index (χ0v) is 18.8. The van der Waals surface area contributed by atoms with Gasteiger partial charge in [0, 0.05) is 36.4 Å².